The Hall–Kier alpha value is -0.980. The number of aromatic nitrogens is 3. The highest BCUT2D eigenvalue weighted by Gasteiger charge is 2.07. The predicted octanol–water partition coefficient (Wildman–Crippen LogP) is 2.49. The first-order chi connectivity index (χ1) is 7.63. The van der Waals surface area contributed by atoms with Crippen LogP contribution < -0.4 is 0 Å². The maximum Gasteiger partial charge on any atom is 0.199 e. The molecule has 0 bridgehead atoms. The normalized spacial score (nSPS) is 10.7. The van der Waals surface area contributed by atoms with Crippen molar-refractivity contribution in [3.63, 3.8) is 0 Å². The Kier molecular flexibility index (Phi) is 3.22. The Morgan fingerprint density at radius 1 is 1.56 bits per heavy atom. The molecule has 0 radical (unpaired) electrons. The molecule has 0 amide bonds. The number of benzene rings is 1. The quantitative estimate of drug-likeness (QED) is 0.838. The van der Waals surface area contributed by atoms with Gasteiger partial charge in [0.15, 0.2) is 10.6 Å². The van der Waals surface area contributed by atoms with E-state index in [2.05, 4.69) is 26.1 Å². The monoisotopic (exact) mass is 299 g/mol. The van der Waals surface area contributed by atoms with E-state index in [1.54, 1.807) is 4.57 Å². The second kappa shape index (κ2) is 4.48. The fraction of sp³-hybridized carbons (Fsp3) is 0.200. The number of hydrogen-bond acceptors (Lipinski definition) is 3. The van der Waals surface area contributed by atoms with Gasteiger partial charge in [-0.2, -0.15) is 5.10 Å². The van der Waals surface area contributed by atoms with Gasteiger partial charge in [0.25, 0.3) is 0 Å². The van der Waals surface area contributed by atoms with Gasteiger partial charge >= 0.3 is 0 Å². The third-order valence-corrected chi connectivity index (χ3v) is 3.43. The minimum atomic E-state index is -0.154. The number of aromatic amines is 1. The van der Waals surface area contributed by atoms with Crippen molar-refractivity contribution in [1.82, 2.24) is 14.8 Å². The molecule has 1 heterocycles. The lowest BCUT2D eigenvalue weighted by Crippen LogP contribution is -2.01. The molecule has 2 aromatic rings. The minimum Gasteiger partial charge on any atom is -0.388 e. The van der Waals surface area contributed by atoms with Crippen LogP contribution in [0.5, 0.6) is 0 Å². The Morgan fingerprint density at radius 2 is 2.31 bits per heavy atom. The van der Waals surface area contributed by atoms with E-state index in [9.17, 15) is 0 Å². The Morgan fingerprint density at radius 3 is 2.94 bits per heavy atom. The molecule has 6 heteroatoms. The molecule has 2 N–H and O–H groups in total. The number of aryl methyl sites for hydroxylation is 1. The van der Waals surface area contributed by atoms with E-state index in [0.717, 1.165) is 15.7 Å². The second-order valence-electron chi connectivity index (χ2n) is 3.37. The molecule has 0 aliphatic heterocycles. The highest BCUT2D eigenvalue weighted by atomic mass is 79.9. The van der Waals surface area contributed by atoms with Crippen LogP contribution in [-0.2, 0) is 6.61 Å². The summed E-state index contributed by atoms with van der Waals surface area (Å²) >= 11 is 8.58. The summed E-state index contributed by atoms with van der Waals surface area (Å²) in [7, 11) is 0. The molecule has 1 aromatic heterocycles. The summed E-state index contributed by atoms with van der Waals surface area (Å²) in [5.74, 6) is 0.501. The molecule has 0 aliphatic rings. The van der Waals surface area contributed by atoms with Crippen molar-refractivity contribution in [2.24, 2.45) is 0 Å². The van der Waals surface area contributed by atoms with Crippen molar-refractivity contribution in [3.8, 4) is 5.69 Å². The summed E-state index contributed by atoms with van der Waals surface area (Å²) in [5, 5.41) is 15.8. The van der Waals surface area contributed by atoms with Gasteiger partial charge in [0.1, 0.15) is 6.61 Å². The van der Waals surface area contributed by atoms with E-state index >= 15 is 0 Å². The zero-order chi connectivity index (χ0) is 11.7. The van der Waals surface area contributed by atoms with Crippen LogP contribution in [-0.4, -0.2) is 19.9 Å². The van der Waals surface area contributed by atoms with Crippen molar-refractivity contribution in [2.75, 3.05) is 0 Å². The number of nitrogens with zero attached hydrogens (tertiary/aromatic N) is 2. The number of nitrogens with one attached hydrogen (secondary N) is 1. The van der Waals surface area contributed by atoms with Crippen LogP contribution in [0.1, 0.15) is 11.4 Å². The fourth-order valence-electron chi connectivity index (χ4n) is 1.42. The number of aliphatic hydroxyl groups excluding tert-OH is 1. The molecular weight excluding hydrogens is 290 g/mol. The third kappa shape index (κ3) is 1.95. The summed E-state index contributed by atoms with van der Waals surface area (Å²) in [5.41, 5.74) is 2.02. The first kappa shape index (κ1) is 11.5. The van der Waals surface area contributed by atoms with E-state index in [4.69, 9.17) is 17.3 Å². The van der Waals surface area contributed by atoms with Gasteiger partial charge in [-0.1, -0.05) is 22.0 Å². The van der Waals surface area contributed by atoms with Crippen molar-refractivity contribution >= 4 is 28.1 Å². The lowest BCUT2D eigenvalue weighted by molar-refractivity contribution is 0.269. The number of rotatable bonds is 2. The van der Waals surface area contributed by atoms with Gasteiger partial charge in [-0.25, -0.2) is 0 Å². The van der Waals surface area contributed by atoms with Crippen LogP contribution in [0.4, 0.5) is 0 Å². The lowest BCUT2D eigenvalue weighted by atomic mass is 10.2. The molecule has 0 unspecified atom stereocenters. The number of aliphatic hydroxyl groups is 1. The molecular formula is C10H10BrN3OS. The van der Waals surface area contributed by atoms with Gasteiger partial charge in [-0.3, -0.25) is 9.67 Å². The largest absolute Gasteiger partial charge is 0.388 e. The Balaban J connectivity index is 2.62. The summed E-state index contributed by atoms with van der Waals surface area (Å²) in [6.07, 6.45) is 0. The second-order valence-corrected chi connectivity index (χ2v) is 4.61. The molecule has 0 saturated carbocycles. The minimum absolute atomic E-state index is 0.154. The van der Waals surface area contributed by atoms with Crippen molar-refractivity contribution in [1.29, 1.82) is 0 Å². The highest BCUT2D eigenvalue weighted by Crippen LogP contribution is 2.21. The smallest absolute Gasteiger partial charge is 0.199 e. The molecule has 2 rings (SSSR count). The topological polar surface area (TPSA) is 53.8 Å². The maximum atomic E-state index is 9.16. The van der Waals surface area contributed by atoms with Gasteiger partial charge in [0, 0.05) is 4.47 Å². The molecule has 4 nitrogen and oxygen atoms in total. The molecule has 0 atom stereocenters. The van der Waals surface area contributed by atoms with E-state index in [1.807, 2.05) is 25.1 Å². The average Bonchev–Trinajstić information content (AvgIpc) is 2.64. The van der Waals surface area contributed by atoms with Crippen LogP contribution in [0.15, 0.2) is 22.7 Å². The molecule has 0 aliphatic carbocycles. The average molecular weight is 300 g/mol. The maximum absolute atomic E-state index is 9.16. The zero-order valence-corrected chi connectivity index (χ0v) is 11.0. The summed E-state index contributed by atoms with van der Waals surface area (Å²) in [6.45, 7) is 1.86. The SMILES string of the molecule is Cc1ccc(-n2c(CO)n[nH]c2=S)cc1Br. The zero-order valence-electron chi connectivity index (χ0n) is 8.57. The molecule has 0 fully saturated rings. The Bertz CT molecular complexity index is 576. The molecule has 16 heavy (non-hydrogen) atoms. The van der Waals surface area contributed by atoms with Gasteiger partial charge in [0.05, 0.1) is 5.69 Å². The van der Waals surface area contributed by atoms with Gasteiger partial charge in [-0.15, -0.1) is 0 Å². The molecule has 84 valence electrons. The molecule has 0 spiro atoms. The van der Waals surface area contributed by atoms with E-state index in [0.29, 0.717) is 10.6 Å². The number of halogens is 1. The standard InChI is InChI=1S/C10H10BrN3OS/c1-6-2-3-7(4-8(6)11)14-9(5-15)12-13-10(14)16/h2-4,15H,5H2,1H3,(H,13,16). The van der Waals surface area contributed by atoms with E-state index in [-0.39, 0.29) is 6.61 Å². The third-order valence-electron chi connectivity index (χ3n) is 2.30. The molecule has 1 aromatic carbocycles. The summed E-state index contributed by atoms with van der Waals surface area (Å²) < 4.78 is 3.18. The van der Waals surface area contributed by atoms with Crippen molar-refractivity contribution < 1.29 is 5.11 Å². The lowest BCUT2D eigenvalue weighted by Gasteiger charge is -2.06. The molecule has 0 saturated heterocycles. The van der Waals surface area contributed by atoms with Crippen LogP contribution >= 0.6 is 28.1 Å². The van der Waals surface area contributed by atoms with Crippen LogP contribution in [0.3, 0.4) is 0 Å². The fourth-order valence-corrected chi connectivity index (χ4v) is 2.05. The highest BCUT2D eigenvalue weighted by molar-refractivity contribution is 9.10. The van der Waals surface area contributed by atoms with E-state index in [1.165, 1.54) is 0 Å². The van der Waals surface area contributed by atoms with Crippen molar-refractivity contribution in [3.05, 3.63) is 38.8 Å². The van der Waals surface area contributed by atoms with Gasteiger partial charge in [-0.05, 0) is 36.8 Å². The van der Waals surface area contributed by atoms with Crippen LogP contribution in [0.25, 0.3) is 5.69 Å². The van der Waals surface area contributed by atoms with Gasteiger partial charge < -0.3 is 5.11 Å². The Labute approximate surface area is 106 Å². The predicted molar refractivity (Wildman–Crippen MR) is 67.1 cm³/mol. The summed E-state index contributed by atoms with van der Waals surface area (Å²) in [4.78, 5) is 0. The first-order valence-electron chi connectivity index (χ1n) is 4.67. The van der Waals surface area contributed by atoms with Crippen LogP contribution in [0, 0.1) is 11.7 Å². The number of hydrogen-bond donors (Lipinski definition) is 2. The first-order valence-corrected chi connectivity index (χ1v) is 5.87. The summed E-state index contributed by atoms with van der Waals surface area (Å²) in [6, 6.07) is 5.86. The van der Waals surface area contributed by atoms with Crippen LogP contribution in [0.2, 0.25) is 0 Å². The van der Waals surface area contributed by atoms with Gasteiger partial charge in [0.2, 0.25) is 0 Å². The van der Waals surface area contributed by atoms with E-state index < -0.39 is 0 Å². The van der Waals surface area contributed by atoms with Crippen molar-refractivity contribution in [2.45, 2.75) is 13.5 Å². The number of H-pyrrole nitrogens is 1.